The molecule has 0 radical (unpaired) electrons. The fraction of sp³-hybridized carbons (Fsp3) is 0.304. The minimum Gasteiger partial charge on any atom is -0.261 e. The van der Waals surface area contributed by atoms with Crippen LogP contribution in [0.4, 0.5) is 5.82 Å². The number of hydrogen-bond donors (Lipinski definition) is 1. The first-order valence-corrected chi connectivity index (χ1v) is 13.6. The molecule has 4 rings (SSSR count). The third kappa shape index (κ3) is 4.42. The first kappa shape index (κ1) is 22.8. The van der Waals surface area contributed by atoms with Crippen LogP contribution in [-0.4, -0.2) is 23.7 Å². The van der Waals surface area contributed by atoms with Crippen LogP contribution in [0.3, 0.4) is 0 Å². The number of aromatic nitrogens is 2. The number of nitrogens with zero attached hydrogens (tertiary/aromatic N) is 2. The molecule has 0 spiro atoms. The van der Waals surface area contributed by atoms with Gasteiger partial charge in [0, 0.05) is 10.6 Å². The Kier molecular flexibility index (Phi) is 6.33. The lowest BCUT2D eigenvalue weighted by Crippen LogP contribution is -2.17. The highest BCUT2D eigenvalue weighted by atomic mass is 32.2. The highest BCUT2D eigenvalue weighted by Gasteiger charge is 2.27. The van der Waals surface area contributed by atoms with Gasteiger partial charge in [-0.25, -0.2) is 13.2 Å². The number of thioether (sulfide) groups is 1. The molecule has 0 saturated heterocycles. The molecule has 2 aliphatic rings. The van der Waals surface area contributed by atoms with Gasteiger partial charge in [0.15, 0.2) is 5.82 Å². The number of sulfonamides is 1. The van der Waals surface area contributed by atoms with E-state index in [9.17, 15) is 13.2 Å². The lowest BCUT2D eigenvalue weighted by atomic mass is 10.1. The Bertz CT molecular complexity index is 1420. The summed E-state index contributed by atoms with van der Waals surface area (Å²) in [6.45, 7) is 8.14. The van der Waals surface area contributed by atoms with E-state index in [1.54, 1.807) is 41.3 Å². The van der Waals surface area contributed by atoms with Gasteiger partial charge < -0.3 is 0 Å². The fourth-order valence-corrected chi connectivity index (χ4v) is 7.20. The van der Waals surface area contributed by atoms with Crippen molar-refractivity contribution >= 4 is 49.7 Å². The van der Waals surface area contributed by atoms with E-state index in [1.165, 1.54) is 4.57 Å². The molecular formula is C23H25N3O3S3. The third-order valence-electron chi connectivity index (χ3n) is 5.32. The van der Waals surface area contributed by atoms with E-state index >= 15 is 0 Å². The van der Waals surface area contributed by atoms with E-state index in [2.05, 4.69) is 23.6 Å². The summed E-state index contributed by atoms with van der Waals surface area (Å²) in [6.07, 6.45) is 1.02. The number of aryl methyl sites for hydroxylation is 1. The number of nitrogens with one attached hydrogen (secondary N) is 1. The van der Waals surface area contributed by atoms with E-state index in [4.69, 9.17) is 0 Å². The standard InChI is InChI=1S/C23H25N3O3S3/c1-14(2)11-12-30-22-20-21(24-23(27)26(20)15(3)16(4)31-22)25-32(28,29)19-10-9-17-7-5-6-8-18(17)13-19/h5-10,13-14H,11-12H2,1-4H3,(H,24,25,27). The van der Waals surface area contributed by atoms with Crippen LogP contribution in [0, 0.1) is 19.8 Å². The van der Waals surface area contributed by atoms with Crippen molar-refractivity contribution in [2.24, 2.45) is 5.92 Å². The predicted octanol–water partition coefficient (Wildman–Crippen LogP) is 5.44. The Balaban J connectivity index is 1.77. The monoisotopic (exact) mass is 487 g/mol. The summed E-state index contributed by atoms with van der Waals surface area (Å²) in [5, 5.41) is 1.78. The Morgan fingerprint density at radius 1 is 1.12 bits per heavy atom. The first-order chi connectivity index (χ1) is 15.2. The molecule has 32 heavy (non-hydrogen) atoms. The zero-order valence-corrected chi connectivity index (χ0v) is 20.8. The maximum absolute atomic E-state index is 13.2. The van der Waals surface area contributed by atoms with E-state index < -0.39 is 15.7 Å². The second-order valence-electron chi connectivity index (χ2n) is 8.10. The number of hydrogen-bond acceptors (Lipinski definition) is 6. The van der Waals surface area contributed by atoms with Crippen molar-refractivity contribution in [3.8, 4) is 5.69 Å². The maximum Gasteiger partial charge on any atom is 0.354 e. The molecular weight excluding hydrogens is 462 g/mol. The van der Waals surface area contributed by atoms with Gasteiger partial charge in [0.1, 0.15) is 5.69 Å². The van der Waals surface area contributed by atoms with Crippen LogP contribution < -0.4 is 10.4 Å². The van der Waals surface area contributed by atoms with Gasteiger partial charge in [-0.05, 0) is 54.8 Å². The summed E-state index contributed by atoms with van der Waals surface area (Å²) < 4.78 is 31.4. The summed E-state index contributed by atoms with van der Waals surface area (Å²) in [5.74, 6) is 1.51. The Labute approximate surface area is 196 Å². The second-order valence-corrected chi connectivity index (χ2v) is 12.4. The minimum atomic E-state index is -3.93. The summed E-state index contributed by atoms with van der Waals surface area (Å²) in [6, 6.07) is 12.5. The minimum absolute atomic E-state index is 0.0783. The van der Waals surface area contributed by atoms with E-state index in [0.717, 1.165) is 37.7 Å². The summed E-state index contributed by atoms with van der Waals surface area (Å²) >= 11 is 3.20. The van der Waals surface area contributed by atoms with Crippen LogP contribution in [0.1, 0.15) is 30.8 Å². The van der Waals surface area contributed by atoms with Gasteiger partial charge >= 0.3 is 5.69 Å². The Morgan fingerprint density at radius 3 is 2.56 bits per heavy atom. The highest BCUT2D eigenvalue weighted by Crippen LogP contribution is 2.39. The van der Waals surface area contributed by atoms with Crippen LogP contribution in [0.25, 0.3) is 16.5 Å². The summed E-state index contributed by atoms with van der Waals surface area (Å²) in [5.41, 5.74) is 0.823. The quantitative estimate of drug-likeness (QED) is 0.351. The third-order valence-corrected chi connectivity index (χ3v) is 9.14. The molecule has 0 saturated carbocycles. The molecule has 2 aliphatic heterocycles. The zero-order chi connectivity index (χ0) is 23.0. The number of anilines is 1. The largest absolute Gasteiger partial charge is 0.354 e. The number of imidazole rings is 1. The lowest BCUT2D eigenvalue weighted by Gasteiger charge is -2.16. The predicted molar refractivity (Wildman–Crippen MR) is 133 cm³/mol. The Hall–Kier alpha value is -2.36. The van der Waals surface area contributed by atoms with Gasteiger partial charge in [-0.15, -0.1) is 23.1 Å². The molecule has 168 valence electrons. The fourth-order valence-electron chi connectivity index (χ4n) is 3.40. The molecule has 9 heteroatoms. The Morgan fingerprint density at radius 2 is 1.84 bits per heavy atom. The number of fused-ring (bicyclic) bond motifs is 2. The molecule has 0 atom stereocenters. The van der Waals surface area contributed by atoms with Gasteiger partial charge in [-0.3, -0.25) is 9.29 Å². The van der Waals surface area contributed by atoms with E-state index in [1.807, 2.05) is 38.1 Å². The molecule has 1 N–H and O–H groups in total. The van der Waals surface area contributed by atoms with Crippen molar-refractivity contribution < 1.29 is 8.42 Å². The smallest absolute Gasteiger partial charge is 0.261 e. The highest BCUT2D eigenvalue weighted by molar-refractivity contribution is 8.01. The van der Waals surface area contributed by atoms with Crippen LogP contribution in [0.2, 0.25) is 0 Å². The van der Waals surface area contributed by atoms with Gasteiger partial charge in [0.05, 0.1) is 9.10 Å². The van der Waals surface area contributed by atoms with Gasteiger partial charge in [-0.1, -0.05) is 44.2 Å². The molecule has 0 aliphatic carbocycles. The molecule has 0 aromatic heterocycles. The molecule has 2 heterocycles. The van der Waals surface area contributed by atoms with Crippen molar-refractivity contribution in [1.29, 1.82) is 0 Å². The molecule has 2 aromatic carbocycles. The lowest BCUT2D eigenvalue weighted by molar-refractivity contribution is 0.601. The van der Waals surface area contributed by atoms with Gasteiger partial charge in [0.25, 0.3) is 10.0 Å². The maximum atomic E-state index is 13.2. The van der Waals surface area contributed by atoms with Crippen molar-refractivity contribution in [2.75, 3.05) is 10.5 Å². The van der Waals surface area contributed by atoms with Gasteiger partial charge in [0.2, 0.25) is 0 Å². The topological polar surface area (TPSA) is 81.1 Å². The normalized spacial score (nSPS) is 12.2. The van der Waals surface area contributed by atoms with E-state index in [0.29, 0.717) is 11.6 Å². The average Bonchev–Trinajstić information content (AvgIpc) is 3.06. The zero-order valence-electron chi connectivity index (χ0n) is 18.4. The molecule has 0 bridgehead atoms. The van der Waals surface area contributed by atoms with Crippen molar-refractivity contribution in [3.63, 3.8) is 0 Å². The molecule has 0 fully saturated rings. The SMILES string of the molecule is Cc1sc(SCCC(C)C)c2c(NS(=O)(=O)c3ccc4ccccc4c3)nc(=O)n-2c1C. The van der Waals surface area contributed by atoms with Crippen LogP contribution in [0.5, 0.6) is 0 Å². The molecule has 0 unspecified atom stereocenters. The van der Waals surface area contributed by atoms with Crippen LogP contribution in [-0.2, 0) is 10.0 Å². The van der Waals surface area contributed by atoms with Crippen molar-refractivity contribution in [2.45, 2.75) is 43.2 Å². The molecule has 0 amide bonds. The molecule has 6 nitrogen and oxygen atoms in total. The number of benzene rings is 2. The van der Waals surface area contributed by atoms with E-state index in [-0.39, 0.29) is 10.7 Å². The average molecular weight is 488 g/mol. The van der Waals surface area contributed by atoms with Crippen molar-refractivity contribution in [1.82, 2.24) is 9.55 Å². The second kappa shape index (κ2) is 8.88. The van der Waals surface area contributed by atoms with Gasteiger partial charge in [-0.2, -0.15) is 4.98 Å². The summed E-state index contributed by atoms with van der Waals surface area (Å²) in [4.78, 5) is 17.9. The van der Waals surface area contributed by atoms with Crippen LogP contribution in [0.15, 0.2) is 56.4 Å². The van der Waals surface area contributed by atoms with Crippen LogP contribution >= 0.6 is 23.1 Å². The molecule has 2 aromatic rings. The first-order valence-electron chi connectivity index (χ1n) is 10.3. The van der Waals surface area contributed by atoms with Crippen molar-refractivity contribution in [3.05, 3.63) is 63.5 Å². The summed E-state index contributed by atoms with van der Waals surface area (Å²) in [7, 11) is -3.93. The number of rotatable bonds is 7.